The number of hydrogen-bond acceptors (Lipinski definition) is 4. The largest absolute Gasteiger partial charge is 0.481 e. The van der Waals surface area contributed by atoms with Gasteiger partial charge in [-0.2, -0.15) is 0 Å². The highest BCUT2D eigenvalue weighted by molar-refractivity contribution is 5.86. The Balaban J connectivity index is 1.65. The van der Waals surface area contributed by atoms with E-state index >= 15 is 0 Å². The Hall–Kier alpha value is -3.35. The number of nitrogens with zero attached hydrogens (tertiary/aromatic N) is 1. The van der Waals surface area contributed by atoms with Gasteiger partial charge in [-0.25, -0.2) is 4.79 Å². The van der Waals surface area contributed by atoms with Gasteiger partial charge < -0.3 is 20.1 Å². The molecule has 0 saturated carbocycles. The fourth-order valence-corrected chi connectivity index (χ4v) is 4.38. The molecular weight excluding hydrogens is 420 g/mol. The van der Waals surface area contributed by atoms with Crippen molar-refractivity contribution in [3.8, 4) is 11.1 Å². The van der Waals surface area contributed by atoms with Crippen molar-refractivity contribution in [3.63, 3.8) is 0 Å². The number of aliphatic carboxylic acids is 1. The summed E-state index contributed by atoms with van der Waals surface area (Å²) in [6, 6.07) is 15.5. The minimum absolute atomic E-state index is 0.0596. The summed E-state index contributed by atoms with van der Waals surface area (Å²) in [7, 11) is 0. The van der Waals surface area contributed by atoms with Crippen LogP contribution in [0.4, 0.5) is 4.79 Å². The van der Waals surface area contributed by atoms with Crippen molar-refractivity contribution in [1.82, 2.24) is 10.2 Å². The van der Waals surface area contributed by atoms with Gasteiger partial charge in [0, 0.05) is 19.0 Å². The summed E-state index contributed by atoms with van der Waals surface area (Å²) < 4.78 is 5.59. The molecule has 1 aliphatic carbocycles. The van der Waals surface area contributed by atoms with Crippen LogP contribution < -0.4 is 5.32 Å². The van der Waals surface area contributed by atoms with Crippen LogP contribution >= 0.6 is 0 Å². The van der Waals surface area contributed by atoms with E-state index in [0.717, 1.165) is 22.3 Å². The Morgan fingerprint density at radius 2 is 1.58 bits per heavy atom. The number of carboxylic acid groups (broad SMARTS) is 1. The number of nitrogens with one attached hydrogen (secondary N) is 1. The van der Waals surface area contributed by atoms with Gasteiger partial charge in [-0.15, -0.1) is 0 Å². The average molecular weight is 453 g/mol. The van der Waals surface area contributed by atoms with Crippen LogP contribution in [0.3, 0.4) is 0 Å². The lowest BCUT2D eigenvalue weighted by Crippen LogP contribution is -2.49. The van der Waals surface area contributed by atoms with E-state index in [1.165, 1.54) is 4.90 Å². The molecule has 0 unspecified atom stereocenters. The topological polar surface area (TPSA) is 95.9 Å². The van der Waals surface area contributed by atoms with Crippen LogP contribution in [0, 0.1) is 0 Å². The van der Waals surface area contributed by atoms with Crippen molar-refractivity contribution in [2.24, 2.45) is 0 Å². The van der Waals surface area contributed by atoms with E-state index in [9.17, 15) is 14.4 Å². The molecule has 0 aliphatic heterocycles. The van der Waals surface area contributed by atoms with Crippen molar-refractivity contribution in [2.75, 3.05) is 19.7 Å². The third kappa shape index (κ3) is 5.92. The van der Waals surface area contributed by atoms with Gasteiger partial charge in [0.15, 0.2) is 0 Å². The molecule has 0 fully saturated rings. The van der Waals surface area contributed by atoms with Crippen LogP contribution in [0.25, 0.3) is 11.1 Å². The van der Waals surface area contributed by atoms with Gasteiger partial charge >= 0.3 is 12.1 Å². The number of carboxylic acids is 1. The lowest BCUT2D eigenvalue weighted by molar-refractivity contribution is -0.139. The molecule has 0 saturated heterocycles. The Bertz CT molecular complexity index is 945. The standard InChI is InChI=1S/C26H32N2O5/c1-3-9-23(25(31)28(15-4-2)16-14-24(29)30)27-26(32)33-17-22-20-12-7-5-10-18(20)19-11-6-8-13-21(19)22/h5-8,10-13,22-23H,3-4,9,14-17H2,1-2H3,(H,27,32)(H,29,30)/t23-/m0/s1. The number of alkyl carbamates (subject to hydrolysis) is 1. The number of fused-ring (bicyclic) bond motifs is 3. The van der Waals surface area contributed by atoms with Crippen LogP contribution in [0.15, 0.2) is 48.5 Å². The Kier molecular flexibility index (Phi) is 8.46. The van der Waals surface area contributed by atoms with Crippen LogP contribution in [0.2, 0.25) is 0 Å². The fraction of sp³-hybridized carbons (Fsp3) is 0.423. The maximum atomic E-state index is 13.0. The van der Waals surface area contributed by atoms with Crippen LogP contribution in [0.5, 0.6) is 0 Å². The van der Waals surface area contributed by atoms with Gasteiger partial charge in [0.05, 0.1) is 6.42 Å². The molecule has 7 nitrogen and oxygen atoms in total. The molecule has 3 rings (SSSR count). The number of benzene rings is 2. The van der Waals surface area contributed by atoms with E-state index in [0.29, 0.717) is 25.8 Å². The molecule has 0 spiro atoms. The predicted octanol–water partition coefficient (Wildman–Crippen LogP) is 4.41. The quantitative estimate of drug-likeness (QED) is 0.527. The summed E-state index contributed by atoms with van der Waals surface area (Å²) in [6.45, 7) is 4.59. The Morgan fingerprint density at radius 1 is 0.970 bits per heavy atom. The lowest BCUT2D eigenvalue weighted by Gasteiger charge is -2.27. The number of ether oxygens (including phenoxy) is 1. The summed E-state index contributed by atoms with van der Waals surface area (Å²) in [6.07, 6.45) is 1.08. The molecule has 176 valence electrons. The first-order valence-electron chi connectivity index (χ1n) is 11.6. The van der Waals surface area contributed by atoms with Crippen molar-refractivity contribution in [3.05, 3.63) is 59.7 Å². The van der Waals surface area contributed by atoms with Gasteiger partial charge in [-0.3, -0.25) is 9.59 Å². The number of carbonyl (C=O) groups is 3. The molecule has 2 aromatic carbocycles. The normalized spacial score (nSPS) is 13.0. The van der Waals surface area contributed by atoms with Gasteiger partial charge in [0.2, 0.25) is 5.91 Å². The smallest absolute Gasteiger partial charge is 0.407 e. The summed E-state index contributed by atoms with van der Waals surface area (Å²) in [5.74, 6) is -1.29. The van der Waals surface area contributed by atoms with Crippen molar-refractivity contribution in [2.45, 2.75) is 51.5 Å². The van der Waals surface area contributed by atoms with Crippen LogP contribution in [0.1, 0.15) is 56.6 Å². The second-order valence-corrected chi connectivity index (χ2v) is 8.28. The second-order valence-electron chi connectivity index (χ2n) is 8.28. The van der Waals surface area contributed by atoms with Gasteiger partial charge in [0.1, 0.15) is 12.6 Å². The van der Waals surface area contributed by atoms with Crippen molar-refractivity contribution >= 4 is 18.0 Å². The highest BCUT2D eigenvalue weighted by Gasteiger charge is 2.30. The average Bonchev–Trinajstić information content (AvgIpc) is 3.13. The fourth-order valence-electron chi connectivity index (χ4n) is 4.38. The van der Waals surface area contributed by atoms with Crippen molar-refractivity contribution in [1.29, 1.82) is 0 Å². The zero-order chi connectivity index (χ0) is 23.8. The zero-order valence-corrected chi connectivity index (χ0v) is 19.3. The van der Waals surface area contributed by atoms with E-state index in [1.54, 1.807) is 0 Å². The number of rotatable bonds is 11. The maximum Gasteiger partial charge on any atom is 0.407 e. The monoisotopic (exact) mass is 452 g/mol. The van der Waals surface area contributed by atoms with Gasteiger partial charge in [-0.1, -0.05) is 68.8 Å². The predicted molar refractivity (Wildman–Crippen MR) is 126 cm³/mol. The summed E-state index contributed by atoms with van der Waals surface area (Å²) >= 11 is 0. The minimum atomic E-state index is -0.958. The Morgan fingerprint density at radius 3 is 2.12 bits per heavy atom. The highest BCUT2D eigenvalue weighted by Crippen LogP contribution is 2.44. The molecular formula is C26H32N2O5. The third-order valence-corrected chi connectivity index (χ3v) is 5.91. The third-order valence-electron chi connectivity index (χ3n) is 5.91. The van der Waals surface area contributed by atoms with Crippen molar-refractivity contribution < 1.29 is 24.2 Å². The molecule has 7 heteroatoms. The van der Waals surface area contributed by atoms with Crippen LogP contribution in [-0.2, 0) is 14.3 Å². The molecule has 2 amide bonds. The first-order chi connectivity index (χ1) is 16.0. The zero-order valence-electron chi connectivity index (χ0n) is 19.3. The molecule has 0 radical (unpaired) electrons. The summed E-state index contributed by atoms with van der Waals surface area (Å²) in [5, 5.41) is 11.7. The number of carbonyl (C=O) groups excluding carboxylic acids is 2. The second kappa shape index (κ2) is 11.5. The minimum Gasteiger partial charge on any atom is -0.481 e. The molecule has 0 heterocycles. The number of amides is 2. The number of hydrogen-bond donors (Lipinski definition) is 2. The van der Waals surface area contributed by atoms with Crippen LogP contribution in [-0.4, -0.2) is 53.7 Å². The molecule has 2 aromatic rings. The Labute approximate surface area is 194 Å². The SMILES string of the molecule is CCC[C@H](NC(=O)OCC1c2ccccc2-c2ccccc21)C(=O)N(CCC)CCC(=O)O. The van der Waals surface area contributed by atoms with E-state index in [4.69, 9.17) is 9.84 Å². The molecule has 2 N–H and O–H groups in total. The summed E-state index contributed by atoms with van der Waals surface area (Å²) in [4.78, 5) is 38.2. The van der Waals surface area contributed by atoms with Gasteiger partial charge in [0.25, 0.3) is 0 Å². The molecule has 1 atom stereocenters. The lowest BCUT2D eigenvalue weighted by atomic mass is 9.98. The highest BCUT2D eigenvalue weighted by atomic mass is 16.5. The molecule has 0 bridgehead atoms. The maximum absolute atomic E-state index is 13.0. The van der Waals surface area contributed by atoms with Gasteiger partial charge in [-0.05, 0) is 35.1 Å². The van der Waals surface area contributed by atoms with E-state index in [1.807, 2.05) is 38.1 Å². The first kappa shape index (κ1) is 24.3. The van der Waals surface area contributed by atoms with E-state index in [-0.39, 0.29) is 31.4 Å². The van der Waals surface area contributed by atoms with E-state index < -0.39 is 18.1 Å². The molecule has 1 aliphatic rings. The summed E-state index contributed by atoms with van der Waals surface area (Å²) in [5.41, 5.74) is 4.54. The molecule has 33 heavy (non-hydrogen) atoms. The van der Waals surface area contributed by atoms with E-state index in [2.05, 4.69) is 29.6 Å². The first-order valence-corrected chi connectivity index (χ1v) is 11.6. The molecule has 0 aromatic heterocycles.